The number of methoxy groups -OCH3 is 1. The van der Waals surface area contributed by atoms with Crippen molar-refractivity contribution in [3.63, 3.8) is 0 Å². The van der Waals surface area contributed by atoms with Crippen molar-refractivity contribution >= 4 is 97.0 Å². The van der Waals surface area contributed by atoms with Gasteiger partial charge in [0.15, 0.2) is 11.7 Å². The summed E-state index contributed by atoms with van der Waals surface area (Å²) in [6.45, 7) is -0.172. The van der Waals surface area contributed by atoms with E-state index >= 15 is 0 Å². The molecule has 0 fully saturated rings. The Morgan fingerprint density at radius 1 is 1.08 bits per heavy atom. The summed E-state index contributed by atoms with van der Waals surface area (Å²) in [5.41, 5.74) is 6.38. The molecule has 8 nitrogen and oxygen atoms in total. The normalized spacial score (nSPS) is 10.8. The number of thiazole rings is 1. The zero-order valence-electron chi connectivity index (χ0n) is 19.7. The van der Waals surface area contributed by atoms with E-state index < -0.39 is 5.97 Å². The molecule has 4 aromatic rings. The molecule has 0 saturated carbocycles. The van der Waals surface area contributed by atoms with Crippen LogP contribution >= 0.6 is 68.1 Å². The second-order valence-electron chi connectivity index (χ2n) is 7.62. The van der Waals surface area contributed by atoms with Gasteiger partial charge in [-0.25, -0.2) is 15.2 Å². The van der Waals surface area contributed by atoms with Crippen molar-refractivity contribution in [3.05, 3.63) is 89.3 Å². The Morgan fingerprint density at radius 3 is 2.42 bits per heavy atom. The Kier molecular flexibility index (Phi) is 9.93. The molecule has 0 aliphatic rings. The third-order valence-electron chi connectivity index (χ3n) is 5.00. The van der Waals surface area contributed by atoms with Gasteiger partial charge < -0.3 is 14.8 Å². The Hall–Kier alpha value is -2.75. The van der Waals surface area contributed by atoms with Gasteiger partial charge in [-0.3, -0.25) is 4.79 Å². The minimum Gasteiger partial charge on any atom is -0.480 e. The van der Waals surface area contributed by atoms with Crippen LogP contribution in [0, 0.1) is 7.14 Å². The molecule has 0 atom stereocenters. The summed E-state index contributed by atoms with van der Waals surface area (Å²) in [6, 6.07) is 18.2. The SMILES string of the molecule is COC(=O)COc1c(I)cc(/C=N\NC(=O)c2ccc(-c3csc(Nc4ccc(Cl)cc4)n3)cc2)cc1I. The quantitative estimate of drug-likeness (QED) is 0.0848. The minimum atomic E-state index is -0.458. The van der Waals surface area contributed by atoms with Gasteiger partial charge in [-0.2, -0.15) is 5.10 Å². The molecule has 12 heteroatoms. The molecule has 0 bridgehead atoms. The predicted molar refractivity (Wildman–Crippen MR) is 167 cm³/mol. The summed E-state index contributed by atoms with van der Waals surface area (Å²) in [7, 11) is 1.31. The zero-order chi connectivity index (χ0) is 27.1. The molecule has 194 valence electrons. The van der Waals surface area contributed by atoms with E-state index in [9.17, 15) is 9.59 Å². The van der Waals surface area contributed by atoms with Gasteiger partial charge in [0.25, 0.3) is 5.91 Å². The molecule has 0 saturated heterocycles. The van der Waals surface area contributed by atoms with Gasteiger partial charge in [-0.1, -0.05) is 23.7 Å². The van der Waals surface area contributed by atoms with Crippen LogP contribution in [0.15, 0.2) is 71.1 Å². The first-order valence-electron chi connectivity index (χ1n) is 10.9. The Labute approximate surface area is 255 Å². The van der Waals surface area contributed by atoms with Crippen LogP contribution in [0.25, 0.3) is 11.3 Å². The number of nitrogens with one attached hydrogen (secondary N) is 2. The fraction of sp³-hybridized carbons (Fsp3) is 0.0769. The summed E-state index contributed by atoms with van der Waals surface area (Å²) < 4.78 is 11.7. The average molecular weight is 773 g/mol. The van der Waals surface area contributed by atoms with Gasteiger partial charge in [-0.05, 0) is 99.3 Å². The van der Waals surface area contributed by atoms with Gasteiger partial charge in [0.2, 0.25) is 0 Å². The third kappa shape index (κ3) is 7.65. The van der Waals surface area contributed by atoms with E-state index in [0.717, 1.165) is 34.8 Å². The fourth-order valence-electron chi connectivity index (χ4n) is 3.12. The number of halogens is 3. The molecular weight excluding hydrogens is 754 g/mol. The number of hydrogen-bond donors (Lipinski definition) is 2. The van der Waals surface area contributed by atoms with Gasteiger partial charge in [0, 0.05) is 27.2 Å². The number of hydrazone groups is 1. The highest BCUT2D eigenvalue weighted by molar-refractivity contribution is 14.1. The molecular formula is C26H19ClI2N4O4S. The number of hydrogen-bond acceptors (Lipinski definition) is 8. The average Bonchev–Trinajstić information content (AvgIpc) is 3.38. The predicted octanol–water partition coefficient (Wildman–Crippen LogP) is 6.73. The number of carbonyl (C=O) groups is 2. The molecule has 0 unspecified atom stereocenters. The first kappa shape index (κ1) is 28.3. The second-order valence-corrected chi connectivity index (χ2v) is 11.2. The van der Waals surface area contributed by atoms with E-state index in [2.05, 4.69) is 70.7 Å². The number of esters is 1. The molecule has 0 radical (unpaired) electrons. The maximum Gasteiger partial charge on any atom is 0.343 e. The van der Waals surface area contributed by atoms with Crippen LogP contribution in [-0.2, 0) is 9.53 Å². The lowest BCUT2D eigenvalue weighted by molar-refractivity contribution is -0.142. The summed E-state index contributed by atoms with van der Waals surface area (Å²) in [5.74, 6) is -0.204. The largest absolute Gasteiger partial charge is 0.480 e. The lowest BCUT2D eigenvalue weighted by Gasteiger charge is -2.10. The molecule has 0 spiro atoms. The fourth-order valence-corrected chi connectivity index (χ4v) is 6.12. The highest BCUT2D eigenvalue weighted by Crippen LogP contribution is 2.29. The van der Waals surface area contributed by atoms with Gasteiger partial charge in [-0.15, -0.1) is 11.3 Å². The smallest absolute Gasteiger partial charge is 0.343 e. The summed E-state index contributed by atoms with van der Waals surface area (Å²) in [4.78, 5) is 28.5. The van der Waals surface area contributed by atoms with Crippen molar-refractivity contribution in [3.8, 4) is 17.0 Å². The molecule has 1 aromatic heterocycles. The Morgan fingerprint density at radius 2 is 1.76 bits per heavy atom. The molecule has 38 heavy (non-hydrogen) atoms. The summed E-state index contributed by atoms with van der Waals surface area (Å²) >= 11 is 11.7. The molecule has 2 N–H and O–H groups in total. The first-order chi connectivity index (χ1) is 18.3. The Bertz CT molecular complexity index is 1450. The van der Waals surface area contributed by atoms with E-state index in [1.165, 1.54) is 18.4 Å². The molecule has 3 aromatic carbocycles. The van der Waals surface area contributed by atoms with Crippen LogP contribution in [0.4, 0.5) is 10.8 Å². The van der Waals surface area contributed by atoms with Crippen molar-refractivity contribution in [1.29, 1.82) is 0 Å². The van der Waals surface area contributed by atoms with Crippen LogP contribution in [0.1, 0.15) is 15.9 Å². The number of carbonyl (C=O) groups excluding carboxylic acids is 2. The first-order valence-corrected chi connectivity index (χ1v) is 14.3. The van der Waals surface area contributed by atoms with E-state index in [1.807, 2.05) is 53.9 Å². The van der Waals surface area contributed by atoms with E-state index in [4.69, 9.17) is 16.3 Å². The van der Waals surface area contributed by atoms with E-state index in [0.29, 0.717) is 16.3 Å². The number of nitrogens with zero attached hydrogens (tertiary/aromatic N) is 2. The van der Waals surface area contributed by atoms with Crippen molar-refractivity contribution < 1.29 is 19.1 Å². The van der Waals surface area contributed by atoms with Crippen LogP contribution < -0.4 is 15.5 Å². The molecule has 0 aliphatic carbocycles. The molecule has 4 rings (SSSR count). The van der Waals surface area contributed by atoms with Crippen LogP contribution in [0.2, 0.25) is 5.02 Å². The standard InChI is InChI=1S/C26H19ClI2N4O4S/c1-36-23(34)13-37-24-20(28)10-15(11-21(24)29)12-30-33-25(35)17-4-2-16(3-5-17)22-14-38-26(32-22)31-19-8-6-18(27)7-9-19/h2-12,14H,13H2,1H3,(H,31,32)(H,33,35)/b30-12-. The van der Waals surface area contributed by atoms with Gasteiger partial charge in [0.1, 0.15) is 5.75 Å². The van der Waals surface area contributed by atoms with Crippen molar-refractivity contribution in [2.75, 3.05) is 19.0 Å². The van der Waals surface area contributed by atoms with Crippen molar-refractivity contribution in [2.24, 2.45) is 5.10 Å². The zero-order valence-corrected chi connectivity index (χ0v) is 25.6. The number of ether oxygens (including phenoxy) is 2. The summed E-state index contributed by atoms with van der Waals surface area (Å²) in [5, 5.41) is 10.7. The lowest BCUT2D eigenvalue weighted by Crippen LogP contribution is -2.17. The monoisotopic (exact) mass is 772 g/mol. The summed E-state index contributed by atoms with van der Waals surface area (Å²) in [6.07, 6.45) is 1.55. The number of anilines is 2. The highest BCUT2D eigenvalue weighted by Gasteiger charge is 2.12. The van der Waals surface area contributed by atoms with E-state index in [-0.39, 0.29) is 12.5 Å². The molecule has 0 aliphatic heterocycles. The minimum absolute atomic E-state index is 0.172. The third-order valence-corrected chi connectivity index (χ3v) is 7.62. The van der Waals surface area contributed by atoms with Crippen molar-refractivity contribution in [2.45, 2.75) is 0 Å². The number of amides is 1. The molecule has 1 heterocycles. The van der Waals surface area contributed by atoms with Gasteiger partial charge >= 0.3 is 5.97 Å². The van der Waals surface area contributed by atoms with Crippen LogP contribution in [0.3, 0.4) is 0 Å². The van der Waals surface area contributed by atoms with Crippen molar-refractivity contribution in [1.82, 2.24) is 10.4 Å². The number of rotatable bonds is 9. The topological polar surface area (TPSA) is 102 Å². The van der Waals surface area contributed by atoms with Crippen LogP contribution in [0.5, 0.6) is 5.75 Å². The van der Waals surface area contributed by atoms with E-state index in [1.54, 1.807) is 18.3 Å². The maximum absolute atomic E-state index is 12.6. The molecule has 1 amide bonds. The maximum atomic E-state index is 12.6. The van der Waals surface area contributed by atoms with Gasteiger partial charge in [0.05, 0.1) is 26.2 Å². The second kappa shape index (κ2) is 13.4. The Balaban J connectivity index is 1.34. The number of benzene rings is 3. The number of aromatic nitrogens is 1. The van der Waals surface area contributed by atoms with Crippen LogP contribution in [-0.4, -0.2) is 36.8 Å². The lowest BCUT2D eigenvalue weighted by atomic mass is 10.1. The highest BCUT2D eigenvalue weighted by atomic mass is 127.